The molecule has 3 aromatic rings. The number of ether oxygens (including phenoxy) is 2. The van der Waals surface area contributed by atoms with Gasteiger partial charge >= 0.3 is 11.9 Å². The van der Waals surface area contributed by atoms with Crippen LogP contribution >= 0.6 is 0 Å². The lowest BCUT2D eigenvalue weighted by atomic mass is 10.2. The lowest BCUT2D eigenvalue weighted by Gasteiger charge is -2.14. The topological polar surface area (TPSA) is 139 Å². The minimum Gasteiger partial charge on any atom is -0.493 e. The average Bonchev–Trinajstić information content (AvgIpc) is 3.35. The number of aliphatic carboxylic acids is 2. The number of rotatable bonds is 12. The summed E-state index contributed by atoms with van der Waals surface area (Å²) in [5, 5.41) is 21.9. The maximum Gasteiger partial charge on any atom is 0.328 e. The van der Waals surface area contributed by atoms with Crippen molar-refractivity contribution < 1.29 is 34.1 Å². The maximum atomic E-state index is 11.2. The summed E-state index contributed by atoms with van der Waals surface area (Å²) in [7, 11) is 1.66. The van der Waals surface area contributed by atoms with E-state index < -0.39 is 11.9 Å². The maximum absolute atomic E-state index is 11.2. The molecule has 0 bridgehead atoms. The van der Waals surface area contributed by atoms with Crippen LogP contribution in [0, 0.1) is 5.92 Å². The highest BCUT2D eigenvalue weighted by Gasteiger charge is 2.08. The van der Waals surface area contributed by atoms with E-state index in [2.05, 4.69) is 35.1 Å². The SMILES string of the molecule is COc1ccc(CNCc2cccn2-c2ccc(NC(C)=O)cc2)cc1OCC(C)C.O=C(O)/C=C/C(=O)O. The second-order valence-corrected chi connectivity index (χ2v) is 8.90. The molecule has 0 spiro atoms. The van der Waals surface area contributed by atoms with Crippen molar-refractivity contribution >= 4 is 23.5 Å². The number of carbonyl (C=O) groups excluding carboxylic acids is 1. The number of amides is 1. The van der Waals surface area contributed by atoms with Gasteiger partial charge in [-0.3, -0.25) is 4.79 Å². The first-order valence-electron chi connectivity index (χ1n) is 12.3. The largest absolute Gasteiger partial charge is 0.493 e. The lowest BCUT2D eigenvalue weighted by Crippen LogP contribution is -2.15. The van der Waals surface area contributed by atoms with Crippen molar-refractivity contribution in [3.63, 3.8) is 0 Å². The molecule has 0 aliphatic heterocycles. The number of anilines is 1. The van der Waals surface area contributed by atoms with Crippen LogP contribution in [0.1, 0.15) is 32.0 Å². The molecule has 1 heterocycles. The monoisotopic (exact) mass is 537 g/mol. The van der Waals surface area contributed by atoms with E-state index in [0.717, 1.165) is 34.1 Å². The number of hydrogen-bond acceptors (Lipinski definition) is 6. The number of nitrogens with zero attached hydrogens (tertiary/aromatic N) is 1. The van der Waals surface area contributed by atoms with Gasteiger partial charge in [0, 0.05) is 55.4 Å². The number of aromatic nitrogens is 1. The van der Waals surface area contributed by atoms with Crippen LogP contribution in [0.5, 0.6) is 11.5 Å². The second-order valence-electron chi connectivity index (χ2n) is 8.90. The molecule has 1 aromatic heterocycles. The van der Waals surface area contributed by atoms with E-state index in [1.54, 1.807) is 7.11 Å². The Morgan fingerprint density at radius 2 is 1.62 bits per heavy atom. The van der Waals surface area contributed by atoms with Gasteiger partial charge in [-0.15, -0.1) is 0 Å². The van der Waals surface area contributed by atoms with E-state index in [-0.39, 0.29) is 5.91 Å². The molecular formula is C29H35N3O7. The average molecular weight is 538 g/mol. The Hall–Kier alpha value is -4.57. The van der Waals surface area contributed by atoms with Crippen molar-refractivity contribution in [3.8, 4) is 17.2 Å². The summed E-state index contributed by atoms with van der Waals surface area (Å²) in [6.07, 6.45) is 3.15. The van der Waals surface area contributed by atoms with Gasteiger partial charge < -0.3 is 34.9 Å². The van der Waals surface area contributed by atoms with Gasteiger partial charge in [-0.1, -0.05) is 19.9 Å². The molecule has 39 heavy (non-hydrogen) atoms. The van der Waals surface area contributed by atoms with Gasteiger partial charge in [-0.2, -0.15) is 0 Å². The van der Waals surface area contributed by atoms with E-state index >= 15 is 0 Å². The Labute approximate surface area is 227 Å². The predicted octanol–water partition coefficient (Wildman–Crippen LogP) is 4.48. The van der Waals surface area contributed by atoms with Crippen molar-refractivity contribution in [1.82, 2.24) is 9.88 Å². The minimum absolute atomic E-state index is 0.0742. The van der Waals surface area contributed by atoms with Crippen LogP contribution in [-0.2, 0) is 27.5 Å². The predicted molar refractivity (Wildman–Crippen MR) is 148 cm³/mol. The zero-order chi connectivity index (χ0) is 28.8. The molecule has 3 rings (SSSR count). The first-order valence-corrected chi connectivity index (χ1v) is 12.3. The van der Waals surface area contributed by atoms with Crippen molar-refractivity contribution in [2.75, 3.05) is 19.0 Å². The molecule has 1 amide bonds. The fourth-order valence-electron chi connectivity index (χ4n) is 3.40. The molecule has 0 unspecified atom stereocenters. The molecule has 208 valence electrons. The number of hydrogen-bond donors (Lipinski definition) is 4. The van der Waals surface area contributed by atoms with E-state index in [0.29, 0.717) is 37.8 Å². The summed E-state index contributed by atoms with van der Waals surface area (Å²) in [4.78, 5) is 30.3. The molecule has 0 aliphatic carbocycles. The minimum atomic E-state index is -1.26. The molecule has 0 aliphatic rings. The summed E-state index contributed by atoms with van der Waals surface area (Å²) in [5.74, 6) is -0.611. The smallest absolute Gasteiger partial charge is 0.328 e. The van der Waals surface area contributed by atoms with Gasteiger partial charge in [0.25, 0.3) is 0 Å². The van der Waals surface area contributed by atoms with Crippen LogP contribution in [0.25, 0.3) is 5.69 Å². The van der Waals surface area contributed by atoms with Crippen molar-refractivity contribution in [2.45, 2.75) is 33.9 Å². The standard InChI is InChI=1S/C25H31N3O3.C4H4O4/c1-18(2)17-31-25-14-20(7-12-24(25)30-4)15-26-16-23-6-5-13-28(23)22-10-8-21(9-11-22)27-19(3)29;5-3(6)1-2-4(7)8/h5-14,18,26H,15-17H2,1-4H3,(H,27,29);1-2H,(H,5,6)(H,7,8)/b;2-1+. The van der Waals surface area contributed by atoms with Crippen LogP contribution in [0.4, 0.5) is 5.69 Å². The van der Waals surface area contributed by atoms with Gasteiger partial charge in [0.2, 0.25) is 5.91 Å². The summed E-state index contributed by atoms with van der Waals surface area (Å²) in [5.41, 5.74) is 4.12. The van der Waals surface area contributed by atoms with Crippen molar-refractivity contribution in [1.29, 1.82) is 0 Å². The third-order valence-corrected chi connectivity index (χ3v) is 5.10. The van der Waals surface area contributed by atoms with Crippen molar-refractivity contribution in [2.24, 2.45) is 5.92 Å². The van der Waals surface area contributed by atoms with Crippen LogP contribution in [0.15, 0.2) is 72.9 Å². The van der Waals surface area contributed by atoms with E-state index in [9.17, 15) is 14.4 Å². The first-order chi connectivity index (χ1) is 18.6. The first kappa shape index (κ1) is 30.7. The molecule has 10 nitrogen and oxygen atoms in total. The van der Waals surface area contributed by atoms with E-state index in [1.165, 1.54) is 6.92 Å². The summed E-state index contributed by atoms with van der Waals surface area (Å²) >= 11 is 0. The summed E-state index contributed by atoms with van der Waals surface area (Å²) < 4.78 is 13.5. The third-order valence-electron chi connectivity index (χ3n) is 5.10. The molecule has 0 fully saturated rings. The van der Waals surface area contributed by atoms with Gasteiger partial charge in [-0.05, 0) is 60.0 Å². The Balaban J connectivity index is 0.000000580. The normalized spacial score (nSPS) is 10.6. The Kier molecular flexibility index (Phi) is 12.3. The molecule has 0 saturated carbocycles. The number of nitrogens with one attached hydrogen (secondary N) is 2. The highest BCUT2D eigenvalue weighted by Crippen LogP contribution is 2.28. The van der Waals surface area contributed by atoms with E-state index in [1.807, 2.05) is 54.7 Å². The molecule has 4 N–H and O–H groups in total. The highest BCUT2D eigenvalue weighted by atomic mass is 16.5. The summed E-state index contributed by atoms with van der Waals surface area (Å²) in [6, 6.07) is 18.0. The second kappa shape index (κ2) is 15.6. The Morgan fingerprint density at radius 3 is 2.18 bits per heavy atom. The molecular weight excluding hydrogens is 502 g/mol. The van der Waals surface area contributed by atoms with Gasteiger partial charge in [-0.25, -0.2) is 9.59 Å². The molecule has 2 aromatic carbocycles. The lowest BCUT2D eigenvalue weighted by molar-refractivity contribution is -0.134. The Bertz CT molecular complexity index is 1250. The van der Waals surface area contributed by atoms with Crippen LogP contribution in [0.3, 0.4) is 0 Å². The van der Waals surface area contributed by atoms with Crippen LogP contribution in [-0.4, -0.2) is 46.3 Å². The molecule has 0 atom stereocenters. The van der Waals surface area contributed by atoms with Crippen LogP contribution in [0.2, 0.25) is 0 Å². The number of benzene rings is 2. The zero-order valence-electron chi connectivity index (χ0n) is 22.5. The highest BCUT2D eigenvalue weighted by molar-refractivity contribution is 5.89. The number of carbonyl (C=O) groups is 3. The van der Waals surface area contributed by atoms with Gasteiger partial charge in [0.05, 0.1) is 13.7 Å². The fourth-order valence-corrected chi connectivity index (χ4v) is 3.40. The molecule has 0 saturated heterocycles. The Morgan fingerprint density at radius 1 is 0.949 bits per heavy atom. The molecule has 10 heteroatoms. The zero-order valence-corrected chi connectivity index (χ0v) is 22.5. The number of methoxy groups -OCH3 is 1. The van der Waals surface area contributed by atoms with E-state index in [4.69, 9.17) is 19.7 Å². The fraction of sp³-hybridized carbons (Fsp3) is 0.276. The van der Waals surface area contributed by atoms with Gasteiger partial charge in [0.1, 0.15) is 0 Å². The van der Waals surface area contributed by atoms with Crippen molar-refractivity contribution in [3.05, 3.63) is 84.2 Å². The van der Waals surface area contributed by atoms with Crippen LogP contribution < -0.4 is 20.1 Å². The quantitative estimate of drug-likeness (QED) is 0.248. The van der Waals surface area contributed by atoms with Gasteiger partial charge in [0.15, 0.2) is 11.5 Å². The summed E-state index contributed by atoms with van der Waals surface area (Å²) in [6.45, 7) is 7.84. The third kappa shape index (κ3) is 11.1. The molecule has 0 radical (unpaired) electrons. The number of carboxylic acid groups (broad SMARTS) is 2. The number of carboxylic acids is 2.